The molecule has 0 fully saturated rings. The molecule has 2 aromatic carbocycles. The number of nitrogens with one attached hydrogen (secondary N) is 2. The van der Waals surface area contributed by atoms with Crippen molar-refractivity contribution in [2.24, 2.45) is 0 Å². The molecule has 0 heterocycles. The molecule has 0 radical (unpaired) electrons. The van der Waals surface area contributed by atoms with E-state index in [1.54, 1.807) is 0 Å². The normalized spacial score (nSPS) is 11.4. The molecular formula is C23H26ClN3O6S. The highest BCUT2D eigenvalue weighted by molar-refractivity contribution is 7.98. The first-order valence-corrected chi connectivity index (χ1v) is 12.3. The smallest absolute Gasteiger partial charge is 0.329 e. The van der Waals surface area contributed by atoms with E-state index in [1.807, 2.05) is 36.6 Å². The molecule has 2 aromatic rings. The van der Waals surface area contributed by atoms with Gasteiger partial charge in [-0.3, -0.25) is 19.7 Å². The largest absolute Gasteiger partial charge is 0.454 e. The number of aryl methyl sites for hydroxylation is 1. The SMILES string of the molecule is CSCC[C@H](NC(=O)c1ccc([N+](=O)[O-])cc1Cl)C(=O)OCC(=O)NCCCc1ccccc1. The number of carbonyl (C=O) groups is 3. The number of rotatable bonds is 13. The van der Waals surface area contributed by atoms with Gasteiger partial charge in [0.1, 0.15) is 6.04 Å². The van der Waals surface area contributed by atoms with E-state index in [4.69, 9.17) is 16.3 Å². The Morgan fingerprint density at radius 3 is 2.56 bits per heavy atom. The Balaban J connectivity index is 1.85. The van der Waals surface area contributed by atoms with Crippen LogP contribution in [0.4, 0.5) is 5.69 Å². The zero-order chi connectivity index (χ0) is 24.9. The van der Waals surface area contributed by atoms with Gasteiger partial charge in [-0.2, -0.15) is 11.8 Å². The number of nitro groups is 1. The minimum Gasteiger partial charge on any atom is -0.454 e. The fraction of sp³-hybridized carbons (Fsp3) is 0.348. The lowest BCUT2D eigenvalue weighted by Crippen LogP contribution is -2.43. The molecule has 1 atom stereocenters. The van der Waals surface area contributed by atoms with Crippen LogP contribution >= 0.6 is 23.4 Å². The molecule has 0 aliphatic rings. The molecule has 9 nitrogen and oxygen atoms in total. The lowest BCUT2D eigenvalue weighted by molar-refractivity contribution is -0.384. The highest BCUT2D eigenvalue weighted by atomic mass is 35.5. The van der Waals surface area contributed by atoms with E-state index >= 15 is 0 Å². The predicted octanol–water partition coefficient (Wildman–Crippen LogP) is 3.39. The Labute approximate surface area is 206 Å². The number of halogens is 1. The Morgan fingerprint density at radius 1 is 1.18 bits per heavy atom. The molecular weight excluding hydrogens is 482 g/mol. The number of esters is 1. The molecule has 2 rings (SSSR count). The monoisotopic (exact) mass is 507 g/mol. The summed E-state index contributed by atoms with van der Waals surface area (Å²) in [4.78, 5) is 47.3. The highest BCUT2D eigenvalue weighted by Crippen LogP contribution is 2.22. The van der Waals surface area contributed by atoms with Gasteiger partial charge in [-0.25, -0.2) is 4.79 Å². The zero-order valence-corrected chi connectivity index (χ0v) is 20.2. The van der Waals surface area contributed by atoms with E-state index in [2.05, 4.69) is 10.6 Å². The topological polar surface area (TPSA) is 128 Å². The van der Waals surface area contributed by atoms with Gasteiger partial charge in [0, 0.05) is 18.7 Å². The van der Waals surface area contributed by atoms with E-state index in [9.17, 15) is 24.5 Å². The summed E-state index contributed by atoms with van der Waals surface area (Å²) < 4.78 is 5.10. The molecule has 0 aliphatic carbocycles. The minimum absolute atomic E-state index is 0.00891. The van der Waals surface area contributed by atoms with Crippen molar-refractivity contribution >= 4 is 46.8 Å². The molecule has 0 aromatic heterocycles. The van der Waals surface area contributed by atoms with Crippen molar-refractivity contribution < 1.29 is 24.0 Å². The third kappa shape index (κ3) is 9.03. The molecule has 0 saturated heterocycles. The minimum atomic E-state index is -1.00. The fourth-order valence-corrected chi connectivity index (χ4v) is 3.71. The molecule has 0 unspecified atom stereocenters. The molecule has 0 saturated carbocycles. The summed E-state index contributed by atoms with van der Waals surface area (Å²) in [5, 5.41) is 16.0. The van der Waals surface area contributed by atoms with Gasteiger partial charge < -0.3 is 15.4 Å². The van der Waals surface area contributed by atoms with Crippen molar-refractivity contribution in [2.45, 2.75) is 25.3 Å². The third-order valence-electron chi connectivity index (χ3n) is 4.76. The summed E-state index contributed by atoms with van der Waals surface area (Å²) >= 11 is 7.47. The molecule has 0 spiro atoms. The molecule has 34 heavy (non-hydrogen) atoms. The van der Waals surface area contributed by atoms with Crippen molar-refractivity contribution in [1.29, 1.82) is 0 Å². The first-order valence-electron chi connectivity index (χ1n) is 10.5. The van der Waals surface area contributed by atoms with E-state index < -0.39 is 35.4 Å². The number of hydrogen-bond acceptors (Lipinski definition) is 7. The van der Waals surface area contributed by atoms with Crippen LogP contribution in [0.25, 0.3) is 0 Å². The fourth-order valence-electron chi connectivity index (χ4n) is 2.98. The van der Waals surface area contributed by atoms with Crippen LogP contribution in [0.15, 0.2) is 48.5 Å². The van der Waals surface area contributed by atoms with Crippen LogP contribution in [0.3, 0.4) is 0 Å². The van der Waals surface area contributed by atoms with Crippen LogP contribution in [0.2, 0.25) is 5.02 Å². The number of nitro benzene ring substituents is 1. The standard InChI is InChI=1S/C23H26ClN3O6S/c1-34-13-11-20(26-22(29)18-10-9-17(27(31)32)14-19(18)24)23(30)33-15-21(28)25-12-5-8-16-6-3-2-4-7-16/h2-4,6-7,9-10,14,20H,5,8,11-13,15H2,1H3,(H,25,28)(H,26,29)/t20-/m0/s1. The average molecular weight is 508 g/mol. The van der Waals surface area contributed by atoms with Crippen molar-refractivity contribution in [1.82, 2.24) is 10.6 Å². The predicted molar refractivity (Wildman–Crippen MR) is 131 cm³/mol. The Bertz CT molecular complexity index is 1010. The molecule has 0 aliphatic heterocycles. The molecule has 2 N–H and O–H groups in total. The number of hydrogen-bond donors (Lipinski definition) is 2. The van der Waals surface area contributed by atoms with Crippen LogP contribution < -0.4 is 10.6 Å². The maximum Gasteiger partial charge on any atom is 0.329 e. The van der Waals surface area contributed by atoms with Gasteiger partial charge in [0.2, 0.25) is 0 Å². The first-order chi connectivity index (χ1) is 16.3. The first kappa shape index (κ1) is 27.1. The summed E-state index contributed by atoms with van der Waals surface area (Å²) in [6, 6.07) is 12.3. The number of amides is 2. The van der Waals surface area contributed by atoms with Gasteiger partial charge in [-0.05, 0) is 42.9 Å². The van der Waals surface area contributed by atoms with Gasteiger partial charge >= 0.3 is 5.97 Å². The molecule has 182 valence electrons. The summed E-state index contributed by atoms with van der Waals surface area (Å²) in [6.45, 7) is -0.0232. The van der Waals surface area contributed by atoms with Crippen molar-refractivity contribution in [3.63, 3.8) is 0 Å². The van der Waals surface area contributed by atoms with Gasteiger partial charge in [0.05, 0.1) is 15.5 Å². The number of non-ortho nitro benzene ring substituents is 1. The van der Waals surface area contributed by atoms with Gasteiger partial charge in [-0.1, -0.05) is 41.9 Å². The van der Waals surface area contributed by atoms with Crippen molar-refractivity contribution in [2.75, 3.05) is 25.2 Å². The Kier molecular flexibility index (Phi) is 11.3. The summed E-state index contributed by atoms with van der Waals surface area (Å²) in [6.07, 6.45) is 3.68. The van der Waals surface area contributed by atoms with E-state index in [0.29, 0.717) is 12.3 Å². The quantitative estimate of drug-likeness (QED) is 0.184. The Morgan fingerprint density at radius 2 is 1.91 bits per heavy atom. The van der Waals surface area contributed by atoms with Crippen molar-refractivity contribution in [3.8, 4) is 0 Å². The highest BCUT2D eigenvalue weighted by Gasteiger charge is 2.25. The van der Waals surface area contributed by atoms with Crippen LogP contribution in [-0.4, -0.2) is 53.9 Å². The van der Waals surface area contributed by atoms with Crippen molar-refractivity contribution in [3.05, 3.63) is 74.8 Å². The van der Waals surface area contributed by atoms with Crippen LogP contribution in [0, 0.1) is 10.1 Å². The lowest BCUT2D eigenvalue weighted by Gasteiger charge is -2.17. The third-order valence-corrected chi connectivity index (χ3v) is 5.72. The maximum atomic E-state index is 12.6. The maximum absolute atomic E-state index is 12.6. The van der Waals surface area contributed by atoms with Crippen LogP contribution in [0.5, 0.6) is 0 Å². The van der Waals surface area contributed by atoms with Gasteiger partial charge in [-0.15, -0.1) is 0 Å². The van der Waals surface area contributed by atoms with Gasteiger partial charge in [0.15, 0.2) is 6.61 Å². The molecule has 2 amide bonds. The number of ether oxygens (including phenoxy) is 1. The average Bonchev–Trinajstić information content (AvgIpc) is 2.83. The lowest BCUT2D eigenvalue weighted by atomic mass is 10.1. The summed E-state index contributed by atoms with van der Waals surface area (Å²) in [5.74, 6) is -1.30. The van der Waals surface area contributed by atoms with E-state index in [1.165, 1.54) is 23.4 Å². The summed E-state index contributed by atoms with van der Waals surface area (Å²) in [7, 11) is 0. The second-order valence-electron chi connectivity index (χ2n) is 7.28. The number of nitrogens with zero attached hydrogens (tertiary/aromatic N) is 1. The molecule has 11 heteroatoms. The van der Waals surface area contributed by atoms with E-state index in [0.717, 1.165) is 25.0 Å². The number of benzene rings is 2. The Hall–Kier alpha value is -3.11. The second-order valence-corrected chi connectivity index (χ2v) is 8.67. The van der Waals surface area contributed by atoms with Crippen LogP contribution in [-0.2, 0) is 20.7 Å². The number of thioether (sulfide) groups is 1. The zero-order valence-electron chi connectivity index (χ0n) is 18.6. The molecule has 0 bridgehead atoms. The van der Waals surface area contributed by atoms with Gasteiger partial charge in [0.25, 0.3) is 17.5 Å². The van der Waals surface area contributed by atoms with Crippen LogP contribution in [0.1, 0.15) is 28.8 Å². The number of carbonyl (C=O) groups excluding carboxylic acids is 3. The van der Waals surface area contributed by atoms with E-state index in [-0.39, 0.29) is 22.7 Å². The summed E-state index contributed by atoms with van der Waals surface area (Å²) in [5.41, 5.74) is 0.906. The second kappa shape index (κ2) is 14.2.